The van der Waals surface area contributed by atoms with E-state index in [1.165, 1.54) is 0 Å². The molecule has 0 amide bonds. The first-order chi connectivity index (χ1) is 3.83. The van der Waals surface area contributed by atoms with E-state index in [-0.39, 0.29) is 0 Å². The van der Waals surface area contributed by atoms with Crippen molar-refractivity contribution in [3.63, 3.8) is 0 Å². The van der Waals surface area contributed by atoms with Crippen LogP contribution < -0.4 is 0 Å². The lowest BCUT2D eigenvalue weighted by atomic mass is 10.1. The second kappa shape index (κ2) is 2.12. The van der Waals surface area contributed by atoms with Crippen molar-refractivity contribution in [1.29, 1.82) is 0 Å². The number of Topliss-reactive ketones (excluding diaryl/α,β-unsaturated/α-hetero) is 1. The molecule has 0 aromatic rings. The van der Waals surface area contributed by atoms with Gasteiger partial charge in [0.05, 0.1) is 0 Å². The Morgan fingerprint density at radius 3 is 2.75 bits per heavy atom. The van der Waals surface area contributed by atoms with Crippen molar-refractivity contribution < 1.29 is 4.79 Å². The molecule has 1 heteroatoms. The summed E-state index contributed by atoms with van der Waals surface area (Å²) in [5.74, 6) is 0.886. The molecule has 0 bridgehead atoms. The molecule has 0 radical (unpaired) electrons. The van der Waals surface area contributed by atoms with Crippen LogP contribution in [0.5, 0.6) is 0 Å². The first-order valence-corrected chi connectivity index (χ1v) is 2.97. The van der Waals surface area contributed by atoms with Gasteiger partial charge in [0.1, 0.15) is 5.78 Å². The van der Waals surface area contributed by atoms with Gasteiger partial charge in [-0.3, -0.25) is 4.79 Å². The summed E-state index contributed by atoms with van der Waals surface area (Å²) in [6.45, 7) is 3.62. The quantitative estimate of drug-likeness (QED) is 0.468. The molecule has 0 aromatic carbocycles. The number of carbonyl (C=O) groups is 1. The Kier molecular flexibility index (Phi) is 1.47. The zero-order valence-electron chi connectivity index (χ0n) is 4.89. The molecule has 0 aromatic heterocycles. The second-order valence-corrected chi connectivity index (χ2v) is 2.28. The van der Waals surface area contributed by atoms with Gasteiger partial charge in [-0.25, -0.2) is 0 Å². The van der Waals surface area contributed by atoms with Crippen molar-refractivity contribution >= 4 is 5.78 Å². The summed E-state index contributed by atoms with van der Waals surface area (Å²) in [6.07, 6.45) is 4.42. The maximum Gasteiger partial charge on any atom is 0.133 e. The third kappa shape index (κ3) is 0.971. The Morgan fingerprint density at radius 2 is 2.50 bits per heavy atom. The number of hydrogen-bond donors (Lipinski definition) is 0. The minimum Gasteiger partial charge on any atom is -0.300 e. The minimum absolute atomic E-state index is 0.398. The molecule has 1 saturated carbocycles. The van der Waals surface area contributed by atoms with E-state index in [0.29, 0.717) is 11.7 Å². The monoisotopic (exact) mass is 110 g/mol. The summed E-state index contributed by atoms with van der Waals surface area (Å²) in [5.41, 5.74) is 0. The van der Waals surface area contributed by atoms with Gasteiger partial charge in [-0.1, -0.05) is 6.08 Å². The largest absolute Gasteiger partial charge is 0.300 e. The summed E-state index contributed by atoms with van der Waals surface area (Å²) in [5, 5.41) is 0. The molecule has 0 saturated heterocycles. The van der Waals surface area contributed by atoms with E-state index in [1.807, 2.05) is 6.08 Å². The molecule has 0 N–H and O–H groups in total. The van der Waals surface area contributed by atoms with E-state index >= 15 is 0 Å². The van der Waals surface area contributed by atoms with Gasteiger partial charge in [-0.15, -0.1) is 6.58 Å². The predicted octanol–water partition coefficient (Wildman–Crippen LogP) is 1.54. The van der Waals surface area contributed by atoms with Gasteiger partial charge < -0.3 is 0 Å². The lowest BCUT2D eigenvalue weighted by molar-refractivity contribution is -0.117. The van der Waals surface area contributed by atoms with Gasteiger partial charge >= 0.3 is 0 Å². The lowest BCUT2D eigenvalue weighted by Crippen LogP contribution is -1.88. The van der Waals surface area contributed by atoms with Crippen molar-refractivity contribution in [2.24, 2.45) is 5.92 Å². The van der Waals surface area contributed by atoms with Gasteiger partial charge in [0.2, 0.25) is 0 Å². The van der Waals surface area contributed by atoms with Crippen LogP contribution in [0.4, 0.5) is 0 Å². The molecule has 1 aliphatic carbocycles. The molecule has 0 heterocycles. The van der Waals surface area contributed by atoms with Crippen molar-refractivity contribution in [2.45, 2.75) is 19.3 Å². The molecular formula is C7H10O. The maximum absolute atomic E-state index is 10.6. The molecule has 1 rings (SSSR count). The number of hydrogen-bond acceptors (Lipinski definition) is 1. The Hall–Kier alpha value is -0.590. The highest BCUT2D eigenvalue weighted by Crippen LogP contribution is 2.21. The van der Waals surface area contributed by atoms with E-state index in [4.69, 9.17) is 0 Å². The smallest absolute Gasteiger partial charge is 0.133 e. The highest BCUT2D eigenvalue weighted by molar-refractivity contribution is 5.80. The van der Waals surface area contributed by atoms with E-state index in [2.05, 4.69) is 6.58 Å². The second-order valence-electron chi connectivity index (χ2n) is 2.28. The van der Waals surface area contributed by atoms with Gasteiger partial charge in [0.25, 0.3) is 0 Å². The van der Waals surface area contributed by atoms with Gasteiger partial charge in [0.15, 0.2) is 0 Å². The van der Waals surface area contributed by atoms with E-state index in [1.54, 1.807) is 0 Å². The van der Waals surface area contributed by atoms with Crippen LogP contribution in [0.2, 0.25) is 0 Å². The summed E-state index contributed by atoms with van der Waals surface area (Å²) < 4.78 is 0. The number of carbonyl (C=O) groups excluding carboxylic acids is 1. The van der Waals surface area contributed by atoms with Gasteiger partial charge in [-0.2, -0.15) is 0 Å². The van der Waals surface area contributed by atoms with Crippen molar-refractivity contribution in [2.75, 3.05) is 0 Å². The van der Waals surface area contributed by atoms with Crippen LogP contribution in [0.15, 0.2) is 12.7 Å². The van der Waals surface area contributed by atoms with Crippen LogP contribution in [0.3, 0.4) is 0 Å². The van der Waals surface area contributed by atoms with E-state index in [9.17, 15) is 4.79 Å². The van der Waals surface area contributed by atoms with E-state index in [0.717, 1.165) is 19.3 Å². The van der Waals surface area contributed by atoms with Crippen LogP contribution >= 0.6 is 0 Å². The molecule has 1 atom stereocenters. The summed E-state index contributed by atoms with van der Waals surface area (Å²) in [7, 11) is 0. The predicted molar refractivity (Wildman–Crippen MR) is 32.5 cm³/mol. The first kappa shape index (κ1) is 5.54. The average Bonchev–Trinajstić information content (AvgIpc) is 2.14. The van der Waals surface area contributed by atoms with Gasteiger partial charge in [-0.05, 0) is 12.3 Å². The fourth-order valence-electron chi connectivity index (χ4n) is 1.04. The van der Waals surface area contributed by atoms with E-state index < -0.39 is 0 Å². The molecule has 0 unspecified atom stereocenters. The highest BCUT2D eigenvalue weighted by atomic mass is 16.1. The standard InChI is InChI=1S/C7H10O/c1-2-6-3-4-7(8)5-6/h2,6H,1,3-5H2/t6-/m0/s1. The molecule has 44 valence electrons. The third-order valence-electron chi connectivity index (χ3n) is 1.62. The normalized spacial score (nSPS) is 28.5. The lowest BCUT2D eigenvalue weighted by Gasteiger charge is -1.93. The third-order valence-corrected chi connectivity index (χ3v) is 1.62. The average molecular weight is 110 g/mol. The Balaban J connectivity index is 2.43. The molecule has 8 heavy (non-hydrogen) atoms. The zero-order valence-corrected chi connectivity index (χ0v) is 4.89. The summed E-state index contributed by atoms with van der Waals surface area (Å²) in [4.78, 5) is 10.6. The Morgan fingerprint density at radius 1 is 1.75 bits per heavy atom. The molecule has 1 aliphatic rings. The SMILES string of the molecule is C=C[C@H]1CCC(=O)C1. The molecular weight excluding hydrogens is 100 g/mol. The first-order valence-electron chi connectivity index (χ1n) is 2.97. The zero-order chi connectivity index (χ0) is 5.98. The van der Waals surface area contributed by atoms with Crippen LogP contribution in [0, 0.1) is 5.92 Å². The number of allylic oxidation sites excluding steroid dienone is 1. The van der Waals surface area contributed by atoms with Crippen LogP contribution in [0.25, 0.3) is 0 Å². The molecule has 0 spiro atoms. The van der Waals surface area contributed by atoms with Crippen molar-refractivity contribution in [3.05, 3.63) is 12.7 Å². The summed E-state index contributed by atoms with van der Waals surface area (Å²) >= 11 is 0. The molecule has 1 fully saturated rings. The minimum atomic E-state index is 0.398. The van der Waals surface area contributed by atoms with Crippen LogP contribution in [0.1, 0.15) is 19.3 Å². The highest BCUT2D eigenvalue weighted by Gasteiger charge is 2.18. The number of ketones is 1. The molecule has 0 aliphatic heterocycles. The Labute approximate surface area is 49.4 Å². The van der Waals surface area contributed by atoms with Crippen molar-refractivity contribution in [3.8, 4) is 0 Å². The van der Waals surface area contributed by atoms with Gasteiger partial charge in [0, 0.05) is 12.8 Å². The Bertz CT molecular complexity index is 116. The van der Waals surface area contributed by atoms with Crippen molar-refractivity contribution in [1.82, 2.24) is 0 Å². The fraction of sp³-hybridized carbons (Fsp3) is 0.571. The van der Waals surface area contributed by atoms with Crippen LogP contribution in [-0.2, 0) is 4.79 Å². The topological polar surface area (TPSA) is 17.1 Å². The van der Waals surface area contributed by atoms with Crippen LogP contribution in [-0.4, -0.2) is 5.78 Å². The summed E-state index contributed by atoms with van der Waals surface area (Å²) in [6, 6.07) is 0. The maximum atomic E-state index is 10.6. The fourth-order valence-corrected chi connectivity index (χ4v) is 1.04. The molecule has 1 nitrogen and oxygen atoms in total. The number of rotatable bonds is 1.